The number of hydrogen-bond acceptors (Lipinski definition) is 4. The van der Waals surface area contributed by atoms with Crippen LogP contribution < -0.4 is 5.32 Å². The number of aromatic nitrogens is 1. The summed E-state index contributed by atoms with van der Waals surface area (Å²) in [7, 11) is 0. The van der Waals surface area contributed by atoms with Crippen molar-refractivity contribution in [3.8, 4) is 10.6 Å². The first-order valence-electron chi connectivity index (χ1n) is 5.89. The Kier molecular flexibility index (Phi) is 4.40. The molecule has 0 unspecified atom stereocenters. The van der Waals surface area contributed by atoms with Gasteiger partial charge in [-0.05, 0) is 29.6 Å². The van der Waals surface area contributed by atoms with Crippen LogP contribution in [0.25, 0.3) is 10.6 Å². The lowest BCUT2D eigenvalue weighted by molar-refractivity contribution is 0.102. The fourth-order valence-corrected chi connectivity index (χ4v) is 3.74. The highest BCUT2D eigenvalue weighted by Crippen LogP contribution is 2.29. The highest BCUT2D eigenvalue weighted by atomic mass is 79.9. The summed E-state index contributed by atoms with van der Waals surface area (Å²) in [5.41, 5.74) is 1.28. The fourth-order valence-electron chi connectivity index (χ4n) is 1.70. The second-order valence-corrected chi connectivity index (χ2v) is 7.22. The van der Waals surface area contributed by atoms with Crippen LogP contribution in [0, 0.1) is 0 Å². The third-order valence-corrected chi connectivity index (χ3v) is 5.14. The predicted octanol–water partition coefficient (Wildman–Crippen LogP) is 5.54. The average Bonchev–Trinajstić information content (AvgIpc) is 3.11. The second-order valence-electron chi connectivity index (χ2n) is 4.09. The molecule has 0 spiro atoms. The van der Waals surface area contributed by atoms with Crippen molar-refractivity contribution in [2.75, 3.05) is 5.32 Å². The molecule has 3 nitrogen and oxygen atoms in total. The number of thiazole rings is 1. The lowest BCUT2D eigenvalue weighted by atomic mass is 10.2. The molecule has 3 aromatic rings. The van der Waals surface area contributed by atoms with Crippen LogP contribution in [-0.4, -0.2) is 10.9 Å². The van der Waals surface area contributed by atoms with Gasteiger partial charge >= 0.3 is 0 Å². The maximum absolute atomic E-state index is 12.2. The highest BCUT2D eigenvalue weighted by molar-refractivity contribution is 9.10. The van der Waals surface area contributed by atoms with Gasteiger partial charge in [0.25, 0.3) is 5.91 Å². The van der Waals surface area contributed by atoms with Crippen LogP contribution in [0.1, 0.15) is 10.4 Å². The van der Waals surface area contributed by atoms with Crippen LogP contribution in [0.2, 0.25) is 5.02 Å². The van der Waals surface area contributed by atoms with Crippen LogP contribution in [-0.2, 0) is 0 Å². The van der Waals surface area contributed by atoms with E-state index in [2.05, 4.69) is 26.2 Å². The summed E-state index contributed by atoms with van der Waals surface area (Å²) in [6.07, 6.45) is 0. The third-order valence-electron chi connectivity index (χ3n) is 2.67. The first-order chi connectivity index (χ1) is 10.1. The Morgan fingerprint density at radius 2 is 2.14 bits per heavy atom. The molecule has 7 heteroatoms. The summed E-state index contributed by atoms with van der Waals surface area (Å²) in [5, 5.41) is 7.65. The van der Waals surface area contributed by atoms with E-state index in [0.717, 1.165) is 15.0 Å². The van der Waals surface area contributed by atoms with Crippen LogP contribution in [0.5, 0.6) is 0 Å². The van der Waals surface area contributed by atoms with Gasteiger partial charge in [-0.3, -0.25) is 10.1 Å². The summed E-state index contributed by atoms with van der Waals surface area (Å²) < 4.78 is 0.801. The van der Waals surface area contributed by atoms with Gasteiger partial charge in [0.2, 0.25) is 0 Å². The highest BCUT2D eigenvalue weighted by Gasteiger charge is 2.13. The summed E-state index contributed by atoms with van der Waals surface area (Å²) in [6.45, 7) is 0. The van der Waals surface area contributed by atoms with Crippen molar-refractivity contribution < 1.29 is 4.79 Å². The molecule has 0 atom stereocenters. The Labute approximate surface area is 142 Å². The molecule has 0 aliphatic carbocycles. The summed E-state index contributed by atoms with van der Waals surface area (Å²) >= 11 is 12.4. The molecule has 0 radical (unpaired) electrons. The number of nitrogens with zero attached hydrogens (tertiary/aromatic N) is 1. The molecule has 1 N–H and O–H groups in total. The number of nitrogens with one attached hydrogen (secondary N) is 1. The van der Waals surface area contributed by atoms with Gasteiger partial charge in [-0.2, -0.15) is 0 Å². The number of rotatable bonds is 3. The van der Waals surface area contributed by atoms with E-state index in [1.165, 1.54) is 11.3 Å². The molecule has 106 valence electrons. The minimum Gasteiger partial charge on any atom is -0.298 e. The fraction of sp³-hybridized carbons (Fsp3) is 0. The van der Waals surface area contributed by atoms with E-state index in [4.69, 9.17) is 11.6 Å². The van der Waals surface area contributed by atoms with E-state index in [0.29, 0.717) is 15.7 Å². The van der Waals surface area contributed by atoms with Crippen LogP contribution in [0.15, 0.2) is 45.6 Å². The van der Waals surface area contributed by atoms with Gasteiger partial charge in [-0.15, -0.1) is 22.7 Å². The summed E-state index contributed by atoms with van der Waals surface area (Å²) in [5.74, 6) is -0.270. The molecule has 2 aromatic heterocycles. The van der Waals surface area contributed by atoms with Crippen molar-refractivity contribution in [3.05, 3.63) is 56.2 Å². The monoisotopic (exact) mass is 398 g/mol. The SMILES string of the molecule is O=C(Nc1nc(-c2cccs2)cs1)c1cc(Br)ccc1Cl. The average molecular weight is 400 g/mol. The third kappa shape index (κ3) is 3.35. The number of anilines is 1. The standard InChI is InChI=1S/C14H8BrClN2OS2/c15-8-3-4-10(16)9(6-8)13(19)18-14-17-11(7-21-14)12-2-1-5-20-12/h1-7H,(H,17,18,19). The van der Waals surface area contributed by atoms with Gasteiger partial charge in [-0.1, -0.05) is 33.6 Å². The van der Waals surface area contributed by atoms with Crippen molar-refractivity contribution in [3.63, 3.8) is 0 Å². The van der Waals surface area contributed by atoms with Crippen LogP contribution in [0.4, 0.5) is 5.13 Å². The van der Waals surface area contributed by atoms with Crippen LogP contribution in [0.3, 0.4) is 0 Å². The van der Waals surface area contributed by atoms with Crippen molar-refractivity contribution in [2.24, 2.45) is 0 Å². The second kappa shape index (κ2) is 6.27. The molecule has 1 amide bonds. The van der Waals surface area contributed by atoms with E-state index >= 15 is 0 Å². The molecular formula is C14H8BrClN2OS2. The lowest BCUT2D eigenvalue weighted by Gasteiger charge is -2.04. The van der Waals surface area contributed by atoms with E-state index in [9.17, 15) is 4.79 Å². The minimum atomic E-state index is -0.270. The normalized spacial score (nSPS) is 10.6. The first-order valence-corrected chi connectivity index (χ1v) is 8.82. The quantitative estimate of drug-likeness (QED) is 0.628. The smallest absolute Gasteiger partial charge is 0.258 e. The molecule has 2 heterocycles. The zero-order valence-electron chi connectivity index (χ0n) is 10.5. The van der Waals surface area contributed by atoms with Gasteiger partial charge in [0, 0.05) is 9.85 Å². The lowest BCUT2D eigenvalue weighted by Crippen LogP contribution is -2.12. The molecule has 0 aliphatic heterocycles. The van der Waals surface area contributed by atoms with Gasteiger partial charge in [0.15, 0.2) is 5.13 Å². The van der Waals surface area contributed by atoms with Gasteiger partial charge < -0.3 is 0 Å². The van der Waals surface area contributed by atoms with Crippen molar-refractivity contribution in [1.82, 2.24) is 4.98 Å². The zero-order chi connectivity index (χ0) is 14.8. The number of benzene rings is 1. The molecule has 3 rings (SSSR count). The number of hydrogen-bond donors (Lipinski definition) is 1. The zero-order valence-corrected chi connectivity index (χ0v) is 14.4. The molecule has 0 bridgehead atoms. The van der Waals surface area contributed by atoms with Gasteiger partial charge in [-0.25, -0.2) is 4.98 Å². The molecule has 0 saturated carbocycles. The molecule has 0 fully saturated rings. The summed E-state index contributed by atoms with van der Waals surface area (Å²) in [6, 6.07) is 9.12. The Hall–Kier alpha value is -1.21. The maximum atomic E-state index is 12.2. The Bertz CT molecular complexity index is 786. The van der Waals surface area contributed by atoms with Crippen molar-refractivity contribution in [1.29, 1.82) is 0 Å². The van der Waals surface area contributed by atoms with E-state index in [1.807, 2.05) is 22.9 Å². The molecule has 0 aliphatic rings. The topological polar surface area (TPSA) is 42.0 Å². The van der Waals surface area contributed by atoms with Crippen molar-refractivity contribution in [2.45, 2.75) is 0 Å². The summed E-state index contributed by atoms with van der Waals surface area (Å²) in [4.78, 5) is 17.7. The molecule has 1 aromatic carbocycles. The number of thiophene rings is 1. The number of carbonyl (C=O) groups is 1. The molecule has 0 saturated heterocycles. The van der Waals surface area contributed by atoms with E-state index < -0.39 is 0 Å². The largest absolute Gasteiger partial charge is 0.298 e. The van der Waals surface area contributed by atoms with Gasteiger partial charge in [0.05, 0.1) is 21.2 Å². The Morgan fingerprint density at radius 3 is 2.90 bits per heavy atom. The molecular weight excluding hydrogens is 392 g/mol. The Balaban J connectivity index is 1.80. The number of amides is 1. The Morgan fingerprint density at radius 1 is 1.29 bits per heavy atom. The predicted molar refractivity (Wildman–Crippen MR) is 92.5 cm³/mol. The molecule has 21 heavy (non-hydrogen) atoms. The number of carbonyl (C=O) groups excluding carboxylic acids is 1. The minimum absolute atomic E-state index is 0.270. The maximum Gasteiger partial charge on any atom is 0.258 e. The van der Waals surface area contributed by atoms with Crippen LogP contribution >= 0.6 is 50.2 Å². The van der Waals surface area contributed by atoms with E-state index in [1.54, 1.807) is 29.5 Å². The first kappa shape index (κ1) is 14.7. The van der Waals surface area contributed by atoms with Gasteiger partial charge in [0.1, 0.15) is 0 Å². The van der Waals surface area contributed by atoms with E-state index in [-0.39, 0.29) is 5.91 Å². The van der Waals surface area contributed by atoms with Crippen molar-refractivity contribution >= 4 is 61.2 Å². The number of halogens is 2.